The number of aromatic nitrogens is 1. The smallest absolute Gasteiger partial charge is 0.240 e. The molecule has 2 aliphatic rings. The highest BCUT2D eigenvalue weighted by molar-refractivity contribution is 6.10. The van der Waals surface area contributed by atoms with Gasteiger partial charge in [-0.2, -0.15) is 0 Å². The molecule has 0 N–H and O–H groups in total. The van der Waals surface area contributed by atoms with Crippen LogP contribution >= 0.6 is 0 Å². The zero-order valence-electron chi connectivity index (χ0n) is 20.9. The molecule has 0 aliphatic carbocycles. The number of imide groups is 1. The molecular formula is C28H35N3O4. The number of carbonyl (C=O) groups is 3. The minimum Gasteiger partial charge on any atom is -0.497 e. The molecule has 7 heteroatoms. The molecule has 0 unspecified atom stereocenters. The van der Waals surface area contributed by atoms with E-state index >= 15 is 0 Å². The van der Waals surface area contributed by atoms with E-state index in [2.05, 4.69) is 18.8 Å². The maximum Gasteiger partial charge on any atom is 0.240 e. The highest BCUT2D eigenvalue weighted by Gasteiger charge is 2.54. The van der Waals surface area contributed by atoms with Crippen molar-refractivity contribution in [1.82, 2.24) is 14.8 Å². The second-order valence-electron chi connectivity index (χ2n) is 10.1. The van der Waals surface area contributed by atoms with Gasteiger partial charge in [-0.25, -0.2) is 0 Å². The van der Waals surface area contributed by atoms with Crippen LogP contribution in [0.15, 0.2) is 48.8 Å². The summed E-state index contributed by atoms with van der Waals surface area (Å²) in [4.78, 5) is 48.3. The maximum atomic E-state index is 13.9. The summed E-state index contributed by atoms with van der Waals surface area (Å²) in [5.74, 6) is 0.456. The fourth-order valence-corrected chi connectivity index (χ4v) is 5.30. The number of piperidine rings is 1. The van der Waals surface area contributed by atoms with Crippen LogP contribution in [-0.4, -0.2) is 52.7 Å². The zero-order chi connectivity index (χ0) is 25.0. The summed E-state index contributed by atoms with van der Waals surface area (Å²) in [5.41, 5.74) is 0.493. The van der Waals surface area contributed by atoms with Gasteiger partial charge in [-0.15, -0.1) is 0 Å². The lowest BCUT2D eigenvalue weighted by Crippen LogP contribution is -2.45. The van der Waals surface area contributed by atoms with Crippen LogP contribution in [0, 0.1) is 5.92 Å². The van der Waals surface area contributed by atoms with E-state index in [1.807, 2.05) is 35.4 Å². The van der Waals surface area contributed by atoms with E-state index in [4.69, 9.17) is 4.74 Å². The first-order valence-electron chi connectivity index (χ1n) is 12.5. The molecule has 186 valence electrons. The molecule has 4 rings (SSSR count). The molecule has 2 atom stereocenters. The van der Waals surface area contributed by atoms with Gasteiger partial charge in [0.1, 0.15) is 5.75 Å². The van der Waals surface area contributed by atoms with E-state index in [0.29, 0.717) is 30.3 Å². The number of ether oxygens (including phenoxy) is 1. The number of hydrogen-bond donors (Lipinski definition) is 0. The maximum absolute atomic E-state index is 13.9. The molecule has 7 nitrogen and oxygen atoms in total. The molecule has 0 bridgehead atoms. The lowest BCUT2D eigenvalue weighted by molar-refractivity contribution is -0.144. The van der Waals surface area contributed by atoms with E-state index in [-0.39, 0.29) is 36.6 Å². The van der Waals surface area contributed by atoms with Gasteiger partial charge in [0.2, 0.25) is 17.7 Å². The number of pyridine rings is 1. The van der Waals surface area contributed by atoms with E-state index in [9.17, 15) is 14.4 Å². The average molecular weight is 478 g/mol. The molecule has 35 heavy (non-hydrogen) atoms. The number of likely N-dealkylation sites (tertiary alicyclic amines) is 2. The Balaban J connectivity index is 1.67. The molecule has 2 fully saturated rings. The van der Waals surface area contributed by atoms with Gasteiger partial charge in [0, 0.05) is 38.3 Å². The third-order valence-electron chi connectivity index (χ3n) is 7.33. The Morgan fingerprint density at radius 1 is 1.17 bits per heavy atom. The quantitative estimate of drug-likeness (QED) is 0.531. The van der Waals surface area contributed by atoms with Gasteiger partial charge in [0.15, 0.2) is 0 Å². The molecule has 2 aromatic rings. The molecule has 0 spiro atoms. The molecule has 0 radical (unpaired) electrons. The number of methoxy groups -OCH3 is 1. The summed E-state index contributed by atoms with van der Waals surface area (Å²) in [6, 6.07) is 11.0. The standard InChI is InChI=1S/C28H35N3O4/c1-20(2)13-16-31-26(33)18-28(27(31)34,22-9-11-23(35-3)12-10-22)17-25(32)30-15-5-4-8-24(30)21-7-6-14-29-19-21/h6-7,9-12,14,19-20,24H,4-5,8,13,15-18H2,1-3H3/t24-,28-/m0/s1. The number of amides is 3. The second-order valence-corrected chi connectivity index (χ2v) is 10.1. The van der Waals surface area contributed by atoms with Crippen molar-refractivity contribution in [2.75, 3.05) is 20.2 Å². The number of nitrogens with zero attached hydrogens (tertiary/aromatic N) is 3. The van der Waals surface area contributed by atoms with E-state index in [1.54, 1.807) is 25.4 Å². The summed E-state index contributed by atoms with van der Waals surface area (Å²) in [6.45, 7) is 5.15. The lowest BCUT2D eigenvalue weighted by Gasteiger charge is -2.38. The van der Waals surface area contributed by atoms with Crippen molar-refractivity contribution in [3.05, 3.63) is 59.9 Å². The molecule has 1 aromatic heterocycles. The molecule has 3 amide bonds. The largest absolute Gasteiger partial charge is 0.497 e. The van der Waals surface area contributed by atoms with Gasteiger partial charge in [0.05, 0.1) is 18.6 Å². The first-order chi connectivity index (χ1) is 16.9. The number of rotatable bonds is 8. The predicted molar refractivity (Wildman–Crippen MR) is 133 cm³/mol. The van der Waals surface area contributed by atoms with E-state index < -0.39 is 5.41 Å². The summed E-state index contributed by atoms with van der Waals surface area (Å²) in [7, 11) is 1.58. The molecule has 2 aliphatic heterocycles. The van der Waals surface area contributed by atoms with Gasteiger partial charge >= 0.3 is 0 Å². The number of carbonyl (C=O) groups excluding carboxylic acids is 3. The molecule has 2 saturated heterocycles. The third kappa shape index (κ3) is 5.09. The summed E-state index contributed by atoms with van der Waals surface area (Å²) >= 11 is 0. The van der Waals surface area contributed by atoms with Crippen molar-refractivity contribution in [3.63, 3.8) is 0 Å². The summed E-state index contributed by atoms with van der Waals surface area (Å²) in [5, 5.41) is 0. The molecule has 0 saturated carbocycles. The fourth-order valence-electron chi connectivity index (χ4n) is 5.30. The Kier molecular flexibility index (Phi) is 7.53. The normalized spacial score (nSPS) is 22.7. The van der Waals surface area contributed by atoms with Crippen LogP contribution < -0.4 is 4.74 Å². The van der Waals surface area contributed by atoms with E-state index in [1.165, 1.54) is 4.90 Å². The van der Waals surface area contributed by atoms with Gasteiger partial charge in [-0.1, -0.05) is 32.0 Å². The Morgan fingerprint density at radius 3 is 2.60 bits per heavy atom. The van der Waals surface area contributed by atoms with Crippen LogP contribution in [-0.2, 0) is 19.8 Å². The van der Waals surface area contributed by atoms with Crippen molar-refractivity contribution < 1.29 is 19.1 Å². The Labute approximate surface area is 207 Å². The van der Waals surface area contributed by atoms with Gasteiger partial charge in [-0.05, 0) is 60.9 Å². The first kappa shape index (κ1) is 24.9. The van der Waals surface area contributed by atoms with Crippen molar-refractivity contribution >= 4 is 17.7 Å². The highest BCUT2D eigenvalue weighted by atomic mass is 16.5. The third-order valence-corrected chi connectivity index (χ3v) is 7.33. The van der Waals surface area contributed by atoms with Crippen LogP contribution in [0.1, 0.15) is 69.5 Å². The minimum absolute atomic E-state index is 0.00734. The SMILES string of the molecule is COc1ccc([C@]2(CC(=O)N3CCCC[C@H]3c3cccnc3)CC(=O)N(CCC(C)C)C2=O)cc1. The van der Waals surface area contributed by atoms with Crippen LogP contribution in [0.5, 0.6) is 5.75 Å². The lowest BCUT2D eigenvalue weighted by atomic mass is 9.75. The molecule has 3 heterocycles. The van der Waals surface area contributed by atoms with Gasteiger partial charge in [0.25, 0.3) is 0 Å². The highest BCUT2D eigenvalue weighted by Crippen LogP contribution is 2.42. The van der Waals surface area contributed by atoms with E-state index in [0.717, 1.165) is 31.2 Å². The van der Waals surface area contributed by atoms with Crippen molar-refractivity contribution in [2.45, 2.75) is 63.8 Å². The summed E-state index contributed by atoms with van der Waals surface area (Å²) in [6.07, 6.45) is 7.07. The average Bonchev–Trinajstić information content (AvgIpc) is 3.12. The van der Waals surface area contributed by atoms with Crippen molar-refractivity contribution in [3.8, 4) is 5.75 Å². The monoisotopic (exact) mass is 477 g/mol. The van der Waals surface area contributed by atoms with Crippen LogP contribution in [0.2, 0.25) is 0 Å². The molecule has 1 aromatic carbocycles. The Bertz CT molecular complexity index is 1050. The first-order valence-corrected chi connectivity index (χ1v) is 12.5. The number of hydrogen-bond acceptors (Lipinski definition) is 5. The van der Waals surface area contributed by atoms with Crippen LogP contribution in [0.3, 0.4) is 0 Å². The zero-order valence-corrected chi connectivity index (χ0v) is 20.9. The Hall–Kier alpha value is -3.22. The topological polar surface area (TPSA) is 79.8 Å². The van der Waals surface area contributed by atoms with Crippen LogP contribution in [0.4, 0.5) is 0 Å². The number of benzene rings is 1. The minimum atomic E-state index is -1.20. The Morgan fingerprint density at radius 2 is 1.94 bits per heavy atom. The van der Waals surface area contributed by atoms with Gasteiger partial charge in [-0.3, -0.25) is 24.3 Å². The second kappa shape index (κ2) is 10.6. The van der Waals surface area contributed by atoms with Crippen LogP contribution in [0.25, 0.3) is 0 Å². The summed E-state index contributed by atoms with van der Waals surface area (Å²) < 4.78 is 5.29. The molecular weight excluding hydrogens is 442 g/mol. The predicted octanol–water partition coefficient (Wildman–Crippen LogP) is 4.28. The fraction of sp³-hybridized carbons (Fsp3) is 0.500. The van der Waals surface area contributed by atoms with Crippen molar-refractivity contribution in [2.24, 2.45) is 5.92 Å². The van der Waals surface area contributed by atoms with Crippen molar-refractivity contribution in [1.29, 1.82) is 0 Å². The van der Waals surface area contributed by atoms with Gasteiger partial charge < -0.3 is 9.64 Å².